The maximum absolute atomic E-state index is 12.4. The van der Waals surface area contributed by atoms with Crippen LogP contribution in [0.25, 0.3) is 0 Å². The molecule has 0 aromatic rings. The quantitative estimate of drug-likeness (QED) is 0.0576. The minimum Gasteiger partial charge on any atom is -0.851 e. The molecule has 2 fully saturated rings. The van der Waals surface area contributed by atoms with E-state index in [0.717, 1.165) is 0 Å². The molecule has 2 aliphatic carbocycles. The first-order chi connectivity index (χ1) is 21.6. The van der Waals surface area contributed by atoms with Gasteiger partial charge in [-0.05, 0) is 37.3 Å². The average Bonchev–Trinajstić information content (AvgIpc) is 2.96. The topological polar surface area (TPSA) is 379 Å². The molecule has 9 N–H and O–H groups in total. The smallest absolute Gasteiger partial charge is 0.851 e. The Morgan fingerprint density at radius 2 is 1.02 bits per heavy atom. The number of carbonyl (C=O) groups is 4. The van der Waals surface area contributed by atoms with Crippen LogP contribution in [0.3, 0.4) is 0 Å². The first-order valence-electron chi connectivity index (χ1n) is 14.5. The molecule has 23 heteroatoms. The zero-order chi connectivity index (χ0) is 35.1. The second-order valence-electron chi connectivity index (χ2n) is 11.0. The van der Waals surface area contributed by atoms with Gasteiger partial charge < -0.3 is 96.9 Å². The molecule has 0 aliphatic heterocycles. The van der Waals surface area contributed by atoms with Crippen LogP contribution in [0.15, 0.2) is 0 Å². The number of hydrogen-bond donors (Lipinski definition) is 9. The van der Waals surface area contributed by atoms with Crippen molar-refractivity contribution in [1.29, 1.82) is 0 Å². The van der Waals surface area contributed by atoms with Crippen molar-refractivity contribution < 1.29 is 158 Å². The molecule has 0 heterocycles. The van der Waals surface area contributed by atoms with Crippen LogP contribution in [0.5, 0.6) is 0 Å². The Kier molecular flexibility index (Phi) is 30.1. The molecule has 0 aromatic carbocycles. The van der Waals surface area contributed by atoms with Crippen molar-refractivity contribution in [1.82, 2.24) is 21.3 Å². The van der Waals surface area contributed by atoms with E-state index in [0.29, 0.717) is 0 Å². The Morgan fingerprint density at radius 3 is 1.45 bits per heavy atom. The Morgan fingerprint density at radius 1 is 0.551 bits per heavy atom. The second-order valence-corrected chi connectivity index (χ2v) is 11.0. The molecule has 49 heavy (non-hydrogen) atoms. The SMILES string of the molecule is O=C([O-])CC[C@@H]1[C@H]([O-])[C@H](NCCO)[C@H](O)[C@H](NCC(=O)[O-])[C@@H]1O.O=C([O-])CN[C@H]1[C@@H]([O-])[C@@H](NCC(=O)O)[C@@H]([O-])[C@@H](CCCO)[C@H]1[O-].[Hf+4].[Hf+4].[Hf+4]. The summed E-state index contributed by atoms with van der Waals surface area (Å²) >= 11 is 0. The first-order valence-corrected chi connectivity index (χ1v) is 14.5. The summed E-state index contributed by atoms with van der Waals surface area (Å²) < 4.78 is 0. The summed E-state index contributed by atoms with van der Waals surface area (Å²) in [7, 11) is 0. The second kappa shape index (κ2) is 27.6. The Bertz CT molecular complexity index is 841. The van der Waals surface area contributed by atoms with Crippen LogP contribution in [0, 0.1) is 11.8 Å². The van der Waals surface area contributed by atoms with Gasteiger partial charge in [-0.25, -0.2) is 0 Å². The molecule has 0 aromatic heterocycles. The molecular weight excluding hydrogens is 1160 g/mol. The predicted molar refractivity (Wildman–Crippen MR) is 137 cm³/mol. The molecule has 0 bridgehead atoms. The summed E-state index contributed by atoms with van der Waals surface area (Å²) in [6.07, 6.45) is -9.82. The summed E-state index contributed by atoms with van der Waals surface area (Å²) in [6, 6.07) is -4.93. The van der Waals surface area contributed by atoms with E-state index >= 15 is 0 Å². The fourth-order valence-electron chi connectivity index (χ4n) is 5.72. The molecular formula is C26H41Hf3N4O16+5. The molecule has 2 saturated carbocycles. The van der Waals surface area contributed by atoms with E-state index in [1.807, 2.05) is 0 Å². The van der Waals surface area contributed by atoms with Gasteiger partial charge >= 0.3 is 83.5 Å². The standard InChI is InChI=1S/C13H23N2O8.C13H21N2O8.3Hf/c16-4-3-14-9-11(21)6(1-2-7(17)18)12(22)10(13(9)23)15-5-8(19)20;16-3-1-2-6-11(21)9(14-4-7(17)18)13(23)10(12(6)22)15-5-8(19)20;;;/h6,9-16,22-23H,1-5H2,(H,17,18)(H,19,20);6,9-16H,1-5H2,(H,17,18)(H,19,20);;;/q-1;-3;3*+4/p-3/t2*6-,9+,10-,11+,12-,13+;;;/m1..../s1. The van der Waals surface area contributed by atoms with Crippen LogP contribution < -0.4 is 57.0 Å². The number of carbonyl (C=O) groups excluding carboxylic acids is 3. The summed E-state index contributed by atoms with van der Waals surface area (Å²) in [5, 5.41) is 137. The van der Waals surface area contributed by atoms with Gasteiger partial charge in [-0.1, -0.05) is 18.4 Å². The number of hydrogen-bond acceptors (Lipinski definition) is 19. The van der Waals surface area contributed by atoms with E-state index in [4.69, 9.17) is 15.3 Å². The zero-order valence-electron chi connectivity index (χ0n) is 26.2. The van der Waals surface area contributed by atoms with E-state index in [1.165, 1.54) is 0 Å². The summed E-state index contributed by atoms with van der Waals surface area (Å²) in [4.78, 5) is 42.2. The number of carboxylic acid groups (broad SMARTS) is 4. The van der Waals surface area contributed by atoms with Gasteiger partial charge in [-0.3, -0.25) is 4.79 Å². The summed E-state index contributed by atoms with van der Waals surface area (Å²) in [6.45, 7) is -2.50. The van der Waals surface area contributed by atoms with Crippen molar-refractivity contribution in [3.8, 4) is 0 Å². The van der Waals surface area contributed by atoms with E-state index in [-0.39, 0.29) is 117 Å². The minimum absolute atomic E-state index is 0. The Hall–Kier alpha value is 0.0104. The van der Waals surface area contributed by atoms with Crippen LogP contribution in [0.4, 0.5) is 0 Å². The van der Waals surface area contributed by atoms with Crippen molar-refractivity contribution in [2.45, 2.75) is 86.5 Å². The fourth-order valence-corrected chi connectivity index (χ4v) is 5.72. The summed E-state index contributed by atoms with van der Waals surface area (Å²) in [5.41, 5.74) is 0. The third-order valence-corrected chi connectivity index (χ3v) is 7.90. The predicted octanol–water partition coefficient (Wildman–Crippen LogP) is -13.4. The van der Waals surface area contributed by atoms with Crippen molar-refractivity contribution in [2.24, 2.45) is 11.8 Å². The van der Waals surface area contributed by atoms with Crippen molar-refractivity contribution in [2.75, 3.05) is 39.4 Å². The Labute approximate surface area is 338 Å². The first kappa shape index (κ1) is 53.4. The molecule has 268 valence electrons. The molecule has 0 saturated heterocycles. The van der Waals surface area contributed by atoms with Gasteiger partial charge in [0.15, 0.2) is 0 Å². The van der Waals surface area contributed by atoms with E-state index < -0.39 is 123 Å². The van der Waals surface area contributed by atoms with E-state index in [1.54, 1.807) is 0 Å². The van der Waals surface area contributed by atoms with Gasteiger partial charge in [0.25, 0.3) is 0 Å². The molecule has 0 spiro atoms. The van der Waals surface area contributed by atoms with Gasteiger partial charge in [0.2, 0.25) is 0 Å². The molecule has 0 radical (unpaired) electrons. The number of rotatable bonds is 18. The van der Waals surface area contributed by atoms with Crippen molar-refractivity contribution in [3.63, 3.8) is 0 Å². The number of aliphatic carboxylic acids is 4. The number of aliphatic hydroxyl groups is 4. The maximum Gasteiger partial charge on any atom is 4.00 e. The minimum atomic E-state index is -1.79. The monoisotopic (exact) mass is 1210 g/mol. The Balaban J connectivity index is -0.000000814. The van der Waals surface area contributed by atoms with Crippen LogP contribution >= 0.6 is 0 Å². The zero-order valence-corrected chi connectivity index (χ0v) is 37.0. The van der Waals surface area contributed by atoms with Gasteiger partial charge in [0, 0.05) is 38.3 Å². The number of nitrogens with one attached hydrogen (secondary N) is 4. The normalized spacial score (nSPS) is 32.2. The van der Waals surface area contributed by atoms with Crippen LogP contribution in [0.2, 0.25) is 0 Å². The molecule has 0 unspecified atom stereocenters. The molecule has 2 rings (SSSR count). The van der Waals surface area contributed by atoms with Gasteiger partial charge in [0.05, 0.1) is 43.3 Å². The third-order valence-electron chi connectivity index (χ3n) is 7.90. The van der Waals surface area contributed by atoms with Gasteiger partial charge in [-0.2, -0.15) is 0 Å². The fraction of sp³-hybridized carbons (Fsp3) is 0.846. The number of aliphatic hydroxyl groups excluding tert-OH is 4. The van der Waals surface area contributed by atoms with Crippen LogP contribution in [-0.4, -0.2) is 150 Å². The largest absolute Gasteiger partial charge is 4.00 e. The van der Waals surface area contributed by atoms with Crippen LogP contribution in [-0.2, 0) is 96.7 Å². The molecule has 20 nitrogen and oxygen atoms in total. The maximum atomic E-state index is 12.4. The summed E-state index contributed by atoms with van der Waals surface area (Å²) in [5.74, 6) is -7.67. The van der Waals surface area contributed by atoms with Crippen LogP contribution in [0.1, 0.15) is 25.7 Å². The van der Waals surface area contributed by atoms with Gasteiger partial charge in [-0.15, -0.1) is 18.3 Å². The molecule has 0 amide bonds. The molecule has 12 atom stereocenters. The average molecular weight is 1200 g/mol. The van der Waals surface area contributed by atoms with Crippen molar-refractivity contribution >= 4 is 23.9 Å². The number of carboxylic acids is 4. The van der Waals surface area contributed by atoms with Gasteiger partial charge in [0.1, 0.15) is 0 Å². The van der Waals surface area contributed by atoms with E-state index in [9.17, 15) is 65.1 Å². The van der Waals surface area contributed by atoms with Crippen molar-refractivity contribution in [3.05, 3.63) is 0 Å². The third kappa shape index (κ3) is 17.6. The van der Waals surface area contributed by atoms with E-state index in [2.05, 4.69) is 21.3 Å². The molecule has 2 aliphatic rings.